The summed E-state index contributed by atoms with van der Waals surface area (Å²) in [6.07, 6.45) is 4.59. The highest BCUT2D eigenvalue weighted by Gasteiger charge is 2.31. The molecule has 1 fully saturated rings. The Hall–Kier alpha value is -3.34. The minimum atomic E-state index is -3.72. The van der Waals surface area contributed by atoms with Gasteiger partial charge in [-0.05, 0) is 36.4 Å². The molecule has 4 heterocycles. The molecule has 1 aromatic carbocycles. The third kappa shape index (κ3) is 4.20. The van der Waals surface area contributed by atoms with Crippen molar-refractivity contribution in [1.29, 1.82) is 0 Å². The molecule has 11 heteroatoms. The molecule has 3 aromatic heterocycles. The van der Waals surface area contributed by atoms with Gasteiger partial charge in [-0.1, -0.05) is 17.7 Å². The van der Waals surface area contributed by atoms with E-state index in [9.17, 15) is 13.2 Å². The van der Waals surface area contributed by atoms with Crippen molar-refractivity contribution in [3.8, 4) is 11.5 Å². The summed E-state index contributed by atoms with van der Waals surface area (Å²) in [5, 5.41) is 1.37. The molecule has 9 nitrogen and oxygen atoms in total. The summed E-state index contributed by atoms with van der Waals surface area (Å²) in [5.74, 6) is 0.197. The zero-order valence-corrected chi connectivity index (χ0v) is 18.9. The first-order valence-corrected chi connectivity index (χ1v) is 12.0. The van der Waals surface area contributed by atoms with Crippen LogP contribution in [0, 0.1) is 0 Å². The number of pyridine rings is 1. The smallest absolute Gasteiger partial charge is 0.258 e. The molecule has 0 aliphatic carbocycles. The van der Waals surface area contributed by atoms with E-state index >= 15 is 0 Å². The summed E-state index contributed by atoms with van der Waals surface area (Å²) in [5.41, 5.74) is 1.66. The maximum absolute atomic E-state index is 13.1. The number of carbonyl (C=O) groups excluding carboxylic acids is 1. The van der Waals surface area contributed by atoms with Crippen molar-refractivity contribution in [2.45, 2.75) is 5.03 Å². The fourth-order valence-corrected chi connectivity index (χ4v) is 5.35. The van der Waals surface area contributed by atoms with Gasteiger partial charge in [0.25, 0.3) is 15.9 Å². The van der Waals surface area contributed by atoms with Crippen LogP contribution in [0.15, 0.2) is 66.1 Å². The van der Waals surface area contributed by atoms with Crippen LogP contribution >= 0.6 is 11.6 Å². The van der Waals surface area contributed by atoms with Crippen molar-refractivity contribution in [2.24, 2.45) is 0 Å². The number of hydrogen-bond donors (Lipinski definition) is 1. The van der Waals surface area contributed by atoms with Crippen LogP contribution in [0.25, 0.3) is 22.4 Å². The summed E-state index contributed by atoms with van der Waals surface area (Å²) >= 11 is 6.00. The second-order valence-electron chi connectivity index (χ2n) is 7.57. The van der Waals surface area contributed by atoms with E-state index in [2.05, 4.69) is 19.9 Å². The molecule has 0 spiro atoms. The quantitative estimate of drug-likeness (QED) is 0.478. The minimum absolute atomic E-state index is 0.109. The van der Waals surface area contributed by atoms with Gasteiger partial charge in [0.05, 0.1) is 5.56 Å². The molecule has 0 bridgehead atoms. The van der Waals surface area contributed by atoms with Crippen LogP contribution in [0.3, 0.4) is 0 Å². The number of fused-ring (bicyclic) bond motifs is 1. The van der Waals surface area contributed by atoms with Crippen molar-refractivity contribution in [1.82, 2.24) is 29.1 Å². The lowest BCUT2D eigenvalue weighted by atomic mass is 10.2. The molecule has 0 saturated carbocycles. The van der Waals surface area contributed by atoms with Crippen LogP contribution in [0.1, 0.15) is 10.4 Å². The van der Waals surface area contributed by atoms with Crippen molar-refractivity contribution >= 4 is 38.4 Å². The van der Waals surface area contributed by atoms with Gasteiger partial charge >= 0.3 is 0 Å². The lowest BCUT2D eigenvalue weighted by Crippen LogP contribution is -2.50. The zero-order chi connectivity index (χ0) is 23.0. The van der Waals surface area contributed by atoms with E-state index < -0.39 is 10.0 Å². The fraction of sp³-hybridized carbons (Fsp3) is 0.182. The maximum atomic E-state index is 13.1. The maximum Gasteiger partial charge on any atom is 0.258 e. The van der Waals surface area contributed by atoms with E-state index in [0.29, 0.717) is 27.6 Å². The summed E-state index contributed by atoms with van der Waals surface area (Å²) in [6.45, 7) is 0.923. The van der Waals surface area contributed by atoms with Crippen LogP contribution < -0.4 is 0 Å². The molecular formula is C22H19ClN6O3S. The number of aromatic nitrogens is 4. The van der Waals surface area contributed by atoms with Crippen molar-refractivity contribution in [3.63, 3.8) is 0 Å². The number of nitrogens with one attached hydrogen (secondary N) is 1. The molecule has 168 valence electrons. The Bertz CT molecular complexity index is 1420. The molecule has 0 radical (unpaired) electrons. The number of sulfonamides is 1. The van der Waals surface area contributed by atoms with Gasteiger partial charge in [-0.25, -0.2) is 18.4 Å². The first-order valence-electron chi connectivity index (χ1n) is 10.2. The minimum Gasteiger partial charge on any atom is -0.345 e. The third-order valence-corrected chi connectivity index (χ3v) is 7.55. The standard InChI is InChI=1S/C22H19ClN6O3S/c23-17-4-5-18-15(11-17)12-20(27-18)33(31,32)29-9-7-28(8-10-29)22(30)16-13-25-21(26-14-16)19-3-1-2-6-24-19/h1-6,11-14,27H,7-10H2. The highest BCUT2D eigenvalue weighted by Crippen LogP contribution is 2.25. The number of halogens is 1. The molecule has 1 amide bonds. The van der Waals surface area contributed by atoms with Crippen molar-refractivity contribution in [2.75, 3.05) is 26.2 Å². The number of piperazine rings is 1. The second-order valence-corrected chi connectivity index (χ2v) is 9.91. The highest BCUT2D eigenvalue weighted by atomic mass is 35.5. The van der Waals surface area contributed by atoms with Crippen molar-refractivity contribution < 1.29 is 13.2 Å². The molecule has 4 aromatic rings. The monoisotopic (exact) mass is 482 g/mol. The SMILES string of the molecule is O=C(c1cnc(-c2ccccn2)nc1)N1CCN(S(=O)(=O)c2cc3cc(Cl)ccc3[nH]2)CC1. The Morgan fingerprint density at radius 3 is 2.42 bits per heavy atom. The number of carbonyl (C=O) groups is 1. The number of H-pyrrole nitrogens is 1. The first-order chi connectivity index (χ1) is 15.9. The number of aromatic amines is 1. The number of nitrogens with zero attached hydrogens (tertiary/aromatic N) is 5. The molecule has 1 saturated heterocycles. The van der Waals surface area contributed by atoms with Crippen LogP contribution in [0.4, 0.5) is 0 Å². The molecule has 1 aliphatic heterocycles. The average molecular weight is 483 g/mol. The van der Waals surface area contributed by atoms with E-state index in [0.717, 1.165) is 5.39 Å². The van der Waals surface area contributed by atoms with E-state index in [1.54, 1.807) is 47.5 Å². The van der Waals surface area contributed by atoms with E-state index in [1.165, 1.54) is 16.7 Å². The summed E-state index contributed by atoms with van der Waals surface area (Å²) in [7, 11) is -3.72. The Morgan fingerprint density at radius 2 is 1.73 bits per heavy atom. The third-order valence-electron chi connectivity index (χ3n) is 5.49. The highest BCUT2D eigenvalue weighted by molar-refractivity contribution is 7.89. The van der Waals surface area contributed by atoms with Crippen molar-refractivity contribution in [3.05, 3.63) is 71.6 Å². The summed E-state index contributed by atoms with van der Waals surface area (Å²) in [6, 6.07) is 12.2. The number of amides is 1. The van der Waals surface area contributed by atoms with E-state index in [-0.39, 0.29) is 37.1 Å². The summed E-state index contributed by atoms with van der Waals surface area (Å²) in [4.78, 5) is 30.1. The molecule has 1 aliphatic rings. The average Bonchev–Trinajstić information content (AvgIpc) is 3.28. The molecule has 0 atom stereocenters. The zero-order valence-electron chi connectivity index (χ0n) is 17.3. The Balaban J connectivity index is 1.26. The number of benzene rings is 1. The van der Waals surface area contributed by atoms with Crippen LogP contribution in [0.2, 0.25) is 5.02 Å². The lowest BCUT2D eigenvalue weighted by molar-refractivity contribution is 0.0697. The van der Waals surface area contributed by atoms with Gasteiger partial charge in [0.1, 0.15) is 10.7 Å². The Kier molecular flexibility index (Phi) is 5.57. The van der Waals surface area contributed by atoms with Gasteiger partial charge < -0.3 is 9.88 Å². The molecule has 5 rings (SSSR count). The predicted octanol–water partition coefficient (Wildman–Crippen LogP) is 2.82. The second kappa shape index (κ2) is 8.54. The van der Waals surface area contributed by atoms with Gasteiger partial charge in [-0.2, -0.15) is 4.31 Å². The van der Waals surface area contributed by atoms with E-state index in [1.807, 2.05) is 6.07 Å². The fourth-order valence-electron chi connectivity index (χ4n) is 3.73. The number of rotatable bonds is 4. The molecular weight excluding hydrogens is 464 g/mol. The largest absolute Gasteiger partial charge is 0.345 e. The van der Waals surface area contributed by atoms with Gasteiger partial charge in [-0.15, -0.1) is 0 Å². The first kappa shape index (κ1) is 21.5. The molecule has 0 unspecified atom stereocenters. The molecule has 1 N–H and O–H groups in total. The molecule has 33 heavy (non-hydrogen) atoms. The normalized spacial score (nSPS) is 15.1. The van der Waals surface area contributed by atoms with Gasteiger partial charge in [-0.3, -0.25) is 9.78 Å². The van der Waals surface area contributed by atoms with Gasteiger partial charge in [0, 0.05) is 60.7 Å². The Labute approximate surface area is 195 Å². The summed E-state index contributed by atoms with van der Waals surface area (Å²) < 4.78 is 27.6. The lowest BCUT2D eigenvalue weighted by Gasteiger charge is -2.33. The van der Waals surface area contributed by atoms with Gasteiger partial charge in [0.2, 0.25) is 0 Å². The number of hydrogen-bond acceptors (Lipinski definition) is 6. The van der Waals surface area contributed by atoms with Crippen LogP contribution in [-0.2, 0) is 10.0 Å². The Morgan fingerprint density at radius 1 is 0.970 bits per heavy atom. The van der Waals surface area contributed by atoms with E-state index in [4.69, 9.17) is 11.6 Å². The van der Waals surface area contributed by atoms with Gasteiger partial charge in [0.15, 0.2) is 5.82 Å². The van der Waals surface area contributed by atoms with Crippen LogP contribution in [0.5, 0.6) is 0 Å². The van der Waals surface area contributed by atoms with Crippen LogP contribution in [-0.4, -0.2) is 69.6 Å². The topological polar surface area (TPSA) is 112 Å². The predicted molar refractivity (Wildman–Crippen MR) is 123 cm³/mol.